The normalized spacial score (nSPS) is 19.8. The molecule has 2 aliphatic rings. The van der Waals surface area contributed by atoms with Gasteiger partial charge in [0.15, 0.2) is 0 Å². The molecule has 0 saturated carbocycles. The highest BCUT2D eigenvalue weighted by Crippen LogP contribution is 2.20. The summed E-state index contributed by atoms with van der Waals surface area (Å²) in [7, 11) is 0. The molecule has 0 unspecified atom stereocenters. The van der Waals surface area contributed by atoms with Crippen molar-refractivity contribution in [1.29, 1.82) is 0 Å². The Morgan fingerprint density at radius 2 is 1.54 bits per heavy atom. The van der Waals surface area contributed by atoms with Crippen LogP contribution in [0, 0.1) is 0 Å². The molecule has 4 rings (SSSR count). The van der Waals surface area contributed by atoms with E-state index in [0.717, 1.165) is 45.8 Å². The van der Waals surface area contributed by atoms with Gasteiger partial charge in [0.1, 0.15) is 0 Å². The molecule has 5 heteroatoms. The molecule has 0 N–H and O–H groups in total. The predicted molar refractivity (Wildman–Crippen MR) is 103 cm³/mol. The van der Waals surface area contributed by atoms with Crippen molar-refractivity contribution < 1.29 is 9.53 Å². The van der Waals surface area contributed by atoms with Gasteiger partial charge in [0, 0.05) is 45.8 Å². The van der Waals surface area contributed by atoms with Gasteiger partial charge in [0.2, 0.25) is 5.91 Å². The first-order chi connectivity index (χ1) is 12.8. The van der Waals surface area contributed by atoms with E-state index in [0.29, 0.717) is 19.8 Å². The summed E-state index contributed by atoms with van der Waals surface area (Å²) < 4.78 is 5.33. The van der Waals surface area contributed by atoms with Gasteiger partial charge in [-0.05, 0) is 16.3 Å². The van der Waals surface area contributed by atoms with E-state index in [1.165, 1.54) is 16.3 Å². The summed E-state index contributed by atoms with van der Waals surface area (Å²) in [4.78, 5) is 19.1. The van der Waals surface area contributed by atoms with Gasteiger partial charge in [-0.25, -0.2) is 0 Å². The van der Waals surface area contributed by atoms with Crippen LogP contribution in [-0.4, -0.2) is 79.6 Å². The summed E-state index contributed by atoms with van der Waals surface area (Å²) in [6.45, 7) is 8.28. The summed E-state index contributed by atoms with van der Waals surface area (Å²) >= 11 is 0. The first-order valence-corrected chi connectivity index (χ1v) is 9.56. The molecule has 2 aromatic carbocycles. The Hall–Kier alpha value is -1.95. The third-order valence-electron chi connectivity index (χ3n) is 5.46. The molecule has 2 aliphatic heterocycles. The Labute approximate surface area is 155 Å². The molecule has 1 amide bonds. The van der Waals surface area contributed by atoms with Crippen LogP contribution in [0.3, 0.4) is 0 Å². The van der Waals surface area contributed by atoms with Crippen LogP contribution in [-0.2, 0) is 16.1 Å². The number of ether oxygens (including phenoxy) is 1. The number of hydrogen-bond donors (Lipinski definition) is 0. The van der Waals surface area contributed by atoms with Gasteiger partial charge in [0.25, 0.3) is 0 Å². The SMILES string of the molecule is O=C(CN1CCN(Cc2cccc3ccccc23)CC1)N1CCOCC1. The van der Waals surface area contributed by atoms with Gasteiger partial charge < -0.3 is 9.64 Å². The second kappa shape index (κ2) is 8.16. The molecule has 0 radical (unpaired) electrons. The molecular formula is C21H27N3O2. The maximum atomic E-state index is 12.4. The third kappa shape index (κ3) is 4.06. The second-order valence-electron chi connectivity index (χ2n) is 7.18. The Bertz CT molecular complexity index is 745. The van der Waals surface area contributed by atoms with Crippen molar-refractivity contribution in [3.8, 4) is 0 Å². The van der Waals surface area contributed by atoms with Crippen molar-refractivity contribution in [3.63, 3.8) is 0 Å². The van der Waals surface area contributed by atoms with Crippen molar-refractivity contribution in [2.45, 2.75) is 6.54 Å². The number of benzene rings is 2. The van der Waals surface area contributed by atoms with Gasteiger partial charge in [-0.15, -0.1) is 0 Å². The van der Waals surface area contributed by atoms with Crippen molar-refractivity contribution in [2.24, 2.45) is 0 Å². The largest absolute Gasteiger partial charge is 0.378 e. The van der Waals surface area contributed by atoms with Crippen molar-refractivity contribution in [1.82, 2.24) is 14.7 Å². The fourth-order valence-electron chi connectivity index (χ4n) is 3.88. The molecule has 2 saturated heterocycles. The molecule has 138 valence electrons. The molecule has 2 fully saturated rings. The van der Waals surface area contributed by atoms with E-state index in [1.54, 1.807) is 0 Å². The summed E-state index contributed by atoms with van der Waals surface area (Å²) in [5, 5.41) is 2.65. The predicted octanol–water partition coefficient (Wildman–Crippen LogP) is 1.82. The van der Waals surface area contributed by atoms with Crippen LogP contribution in [0.1, 0.15) is 5.56 Å². The van der Waals surface area contributed by atoms with Crippen LogP contribution in [0.4, 0.5) is 0 Å². The minimum absolute atomic E-state index is 0.246. The number of fused-ring (bicyclic) bond motifs is 1. The van der Waals surface area contributed by atoms with Gasteiger partial charge in [0.05, 0.1) is 19.8 Å². The summed E-state index contributed by atoms with van der Waals surface area (Å²) in [6.07, 6.45) is 0. The quantitative estimate of drug-likeness (QED) is 0.840. The lowest BCUT2D eigenvalue weighted by molar-refractivity contribution is -0.136. The number of rotatable bonds is 4. The molecule has 0 aromatic heterocycles. The highest BCUT2D eigenvalue weighted by molar-refractivity contribution is 5.85. The van der Waals surface area contributed by atoms with Crippen LogP contribution in [0.2, 0.25) is 0 Å². The second-order valence-corrected chi connectivity index (χ2v) is 7.18. The highest BCUT2D eigenvalue weighted by Gasteiger charge is 2.23. The smallest absolute Gasteiger partial charge is 0.236 e. The van der Waals surface area contributed by atoms with Gasteiger partial charge in [-0.3, -0.25) is 14.6 Å². The van der Waals surface area contributed by atoms with Crippen LogP contribution in [0.15, 0.2) is 42.5 Å². The average molecular weight is 353 g/mol. The van der Waals surface area contributed by atoms with E-state index >= 15 is 0 Å². The molecular weight excluding hydrogens is 326 g/mol. The number of nitrogens with zero attached hydrogens (tertiary/aromatic N) is 3. The van der Waals surface area contributed by atoms with Crippen LogP contribution < -0.4 is 0 Å². The topological polar surface area (TPSA) is 36.0 Å². The first kappa shape index (κ1) is 17.5. The molecule has 0 spiro atoms. The molecule has 2 heterocycles. The number of carbonyl (C=O) groups is 1. The fourth-order valence-corrected chi connectivity index (χ4v) is 3.88. The lowest BCUT2D eigenvalue weighted by Gasteiger charge is -2.36. The Balaban J connectivity index is 1.30. The summed E-state index contributed by atoms with van der Waals surface area (Å²) in [6, 6.07) is 15.1. The minimum atomic E-state index is 0.246. The average Bonchev–Trinajstić information content (AvgIpc) is 2.70. The Kier molecular flexibility index (Phi) is 5.48. The molecule has 0 atom stereocenters. The zero-order valence-electron chi connectivity index (χ0n) is 15.3. The van der Waals surface area contributed by atoms with Crippen LogP contribution >= 0.6 is 0 Å². The maximum absolute atomic E-state index is 12.4. The molecule has 26 heavy (non-hydrogen) atoms. The number of amides is 1. The van der Waals surface area contributed by atoms with Gasteiger partial charge >= 0.3 is 0 Å². The number of morpholine rings is 1. The lowest BCUT2D eigenvalue weighted by atomic mass is 10.0. The standard InChI is InChI=1S/C21H27N3O2/c25-21(24-12-14-26-15-13-24)17-23-10-8-22(9-11-23)16-19-6-3-5-18-4-1-2-7-20(18)19/h1-7H,8-17H2. The van der Waals surface area contributed by atoms with Gasteiger partial charge in [-0.1, -0.05) is 42.5 Å². The monoisotopic (exact) mass is 353 g/mol. The number of carbonyl (C=O) groups excluding carboxylic acids is 1. The number of hydrogen-bond acceptors (Lipinski definition) is 4. The zero-order chi connectivity index (χ0) is 17.8. The van der Waals surface area contributed by atoms with E-state index < -0.39 is 0 Å². The van der Waals surface area contributed by atoms with E-state index in [-0.39, 0.29) is 5.91 Å². The van der Waals surface area contributed by atoms with Crippen molar-refractivity contribution in [2.75, 3.05) is 59.0 Å². The van der Waals surface area contributed by atoms with E-state index in [2.05, 4.69) is 52.3 Å². The van der Waals surface area contributed by atoms with Gasteiger partial charge in [-0.2, -0.15) is 0 Å². The summed E-state index contributed by atoms with van der Waals surface area (Å²) in [5.41, 5.74) is 1.39. The Morgan fingerprint density at radius 1 is 0.846 bits per heavy atom. The molecule has 5 nitrogen and oxygen atoms in total. The van der Waals surface area contributed by atoms with Crippen molar-refractivity contribution >= 4 is 16.7 Å². The molecule has 0 bridgehead atoms. The van der Waals surface area contributed by atoms with E-state index in [9.17, 15) is 4.79 Å². The zero-order valence-corrected chi connectivity index (χ0v) is 15.3. The lowest BCUT2D eigenvalue weighted by Crippen LogP contribution is -2.51. The minimum Gasteiger partial charge on any atom is -0.378 e. The maximum Gasteiger partial charge on any atom is 0.236 e. The van der Waals surface area contributed by atoms with Crippen LogP contribution in [0.25, 0.3) is 10.8 Å². The molecule has 2 aromatic rings. The van der Waals surface area contributed by atoms with E-state index in [4.69, 9.17) is 4.74 Å². The highest BCUT2D eigenvalue weighted by atomic mass is 16.5. The molecule has 0 aliphatic carbocycles. The first-order valence-electron chi connectivity index (χ1n) is 9.56. The fraction of sp³-hybridized carbons (Fsp3) is 0.476. The van der Waals surface area contributed by atoms with Crippen molar-refractivity contribution in [3.05, 3.63) is 48.0 Å². The number of piperazine rings is 1. The Morgan fingerprint density at radius 3 is 2.35 bits per heavy atom. The van der Waals surface area contributed by atoms with E-state index in [1.807, 2.05) is 4.90 Å². The third-order valence-corrected chi connectivity index (χ3v) is 5.46. The van der Waals surface area contributed by atoms with Crippen LogP contribution in [0.5, 0.6) is 0 Å². The summed E-state index contributed by atoms with van der Waals surface area (Å²) in [5.74, 6) is 0.246.